The van der Waals surface area contributed by atoms with E-state index in [9.17, 15) is 4.79 Å². The molecule has 3 nitrogen and oxygen atoms in total. The van der Waals surface area contributed by atoms with Crippen LogP contribution in [0.2, 0.25) is 0 Å². The Bertz CT molecular complexity index is 394. The lowest BCUT2D eigenvalue weighted by Gasteiger charge is -2.10. The van der Waals surface area contributed by atoms with Gasteiger partial charge in [-0.3, -0.25) is 4.79 Å². The fourth-order valence-corrected chi connectivity index (χ4v) is 2.58. The third-order valence-electron chi connectivity index (χ3n) is 3.67. The molecule has 0 heterocycles. The highest BCUT2D eigenvalue weighted by Crippen LogP contribution is 2.24. The lowest BCUT2D eigenvalue weighted by Crippen LogP contribution is -2.30. The minimum absolute atomic E-state index is 0.239. The van der Waals surface area contributed by atoms with Crippen LogP contribution in [0.5, 0.6) is 5.75 Å². The van der Waals surface area contributed by atoms with E-state index in [0.29, 0.717) is 6.61 Å². The second kappa shape index (κ2) is 7.17. The first-order chi connectivity index (χ1) is 9.29. The van der Waals surface area contributed by atoms with E-state index in [-0.39, 0.29) is 11.8 Å². The molecule has 0 radical (unpaired) electrons. The van der Waals surface area contributed by atoms with Gasteiger partial charge in [-0.2, -0.15) is 0 Å². The fraction of sp³-hybridized carbons (Fsp3) is 0.562. The van der Waals surface area contributed by atoms with Crippen molar-refractivity contribution in [1.29, 1.82) is 0 Å². The van der Waals surface area contributed by atoms with Gasteiger partial charge in [-0.25, -0.2) is 0 Å². The largest absolute Gasteiger partial charge is 0.494 e. The van der Waals surface area contributed by atoms with E-state index in [0.717, 1.165) is 31.6 Å². The quantitative estimate of drug-likeness (QED) is 0.855. The van der Waals surface area contributed by atoms with Gasteiger partial charge < -0.3 is 10.1 Å². The van der Waals surface area contributed by atoms with E-state index in [1.807, 2.05) is 19.1 Å². The molecule has 1 amide bonds. The van der Waals surface area contributed by atoms with Crippen LogP contribution in [0.25, 0.3) is 0 Å². The summed E-state index contributed by atoms with van der Waals surface area (Å²) in [7, 11) is 0. The first-order valence-corrected chi connectivity index (χ1v) is 7.29. The maximum atomic E-state index is 11.8. The smallest absolute Gasteiger partial charge is 0.223 e. The van der Waals surface area contributed by atoms with Crippen molar-refractivity contribution in [2.24, 2.45) is 5.92 Å². The zero-order valence-corrected chi connectivity index (χ0v) is 11.7. The van der Waals surface area contributed by atoms with Crippen LogP contribution in [0.3, 0.4) is 0 Å². The maximum Gasteiger partial charge on any atom is 0.223 e. The van der Waals surface area contributed by atoms with Gasteiger partial charge in [-0.15, -0.1) is 0 Å². The van der Waals surface area contributed by atoms with Crippen molar-refractivity contribution in [2.45, 2.75) is 39.0 Å². The number of ether oxygens (including phenoxy) is 1. The molecule has 0 aromatic heterocycles. The molecule has 2 rings (SSSR count). The molecule has 0 atom stereocenters. The van der Waals surface area contributed by atoms with Gasteiger partial charge >= 0.3 is 0 Å². The minimum atomic E-state index is 0.239. The van der Waals surface area contributed by atoms with Gasteiger partial charge in [0, 0.05) is 12.5 Å². The van der Waals surface area contributed by atoms with Crippen LogP contribution in [0.1, 0.15) is 38.2 Å². The van der Waals surface area contributed by atoms with Crippen LogP contribution in [-0.4, -0.2) is 19.1 Å². The highest BCUT2D eigenvalue weighted by Gasteiger charge is 2.21. The molecule has 0 aliphatic heterocycles. The van der Waals surface area contributed by atoms with E-state index in [1.54, 1.807) is 0 Å². The van der Waals surface area contributed by atoms with Gasteiger partial charge in [-0.05, 0) is 43.9 Å². The SMILES string of the molecule is CCOc1ccc(CCNC(=O)C2CCCC2)cc1. The van der Waals surface area contributed by atoms with Crippen molar-refractivity contribution >= 4 is 5.91 Å². The molecule has 0 bridgehead atoms. The molecule has 1 saturated carbocycles. The number of hydrogen-bond acceptors (Lipinski definition) is 2. The van der Waals surface area contributed by atoms with Crippen molar-refractivity contribution in [3.8, 4) is 5.75 Å². The molecular weight excluding hydrogens is 238 g/mol. The van der Waals surface area contributed by atoms with Crippen molar-refractivity contribution in [3.63, 3.8) is 0 Å². The van der Waals surface area contributed by atoms with Gasteiger partial charge in [0.15, 0.2) is 0 Å². The summed E-state index contributed by atoms with van der Waals surface area (Å²) < 4.78 is 5.40. The molecule has 0 spiro atoms. The zero-order chi connectivity index (χ0) is 13.5. The first kappa shape index (κ1) is 13.9. The van der Waals surface area contributed by atoms with Crippen LogP contribution in [0.4, 0.5) is 0 Å². The van der Waals surface area contributed by atoms with Crippen molar-refractivity contribution < 1.29 is 9.53 Å². The summed E-state index contributed by atoms with van der Waals surface area (Å²) in [5.74, 6) is 1.41. The average Bonchev–Trinajstić information content (AvgIpc) is 2.95. The normalized spacial score (nSPS) is 15.4. The van der Waals surface area contributed by atoms with Gasteiger partial charge in [0.25, 0.3) is 0 Å². The zero-order valence-electron chi connectivity index (χ0n) is 11.7. The predicted molar refractivity (Wildman–Crippen MR) is 76.3 cm³/mol. The standard InChI is InChI=1S/C16H23NO2/c1-2-19-15-9-7-13(8-10-15)11-12-17-16(18)14-5-3-4-6-14/h7-10,14H,2-6,11-12H2,1H3,(H,17,18). The van der Waals surface area contributed by atoms with Gasteiger partial charge in [0.05, 0.1) is 6.61 Å². The Morgan fingerprint density at radius 2 is 1.95 bits per heavy atom. The molecule has 104 valence electrons. The highest BCUT2D eigenvalue weighted by molar-refractivity contribution is 5.78. The lowest BCUT2D eigenvalue weighted by atomic mass is 10.1. The van der Waals surface area contributed by atoms with E-state index in [2.05, 4.69) is 17.4 Å². The second-order valence-corrected chi connectivity index (χ2v) is 5.10. The van der Waals surface area contributed by atoms with Gasteiger partial charge in [-0.1, -0.05) is 25.0 Å². The Morgan fingerprint density at radius 3 is 2.58 bits per heavy atom. The van der Waals surface area contributed by atoms with Gasteiger partial charge in [0.2, 0.25) is 5.91 Å². The maximum absolute atomic E-state index is 11.8. The summed E-state index contributed by atoms with van der Waals surface area (Å²) in [6.45, 7) is 3.40. The molecule has 1 fully saturated rings. The number of carbonyl (C=O) groups is 1. The minimum Gasteiger partial charge on any atom is -0.494 e. The molecule has 19 heavy (non-hydrogen) atoms. The Morgan fingerprint density at radius 1 is 1.26 bits per heavy atom. The van der Waals surface area contributed by atoms with Crippen molar-refractivity contribution in [1.82, 2.24) is 5.32 Å². The fourth-order valence-electron chi connectivity index (χ4n) is 2.58. The summed E-state index contributed by atoms with van der Waals surface area (Å²) >= 11 is 0. The van der Waals surface area contributed by atoms with Crippen LogP contribution < -0.4 is 10.1 Å². The summed E-state index contributed by atoms with van der Waals surface area (Å²) in [5, 5.41) is 3.04. The Hall–Kier alpha value is -1.51. The number of hydrogen-bond donors (Lipinski definition) is 1. The van der Waals surface area contributed by atoms with E-state index >= 15 is 0 Å². The van der Waals surface area contributed by atoms with Crippen LogP contribution in [-0.2, 0) is 11.2 Å². The molecular formula is C16H23NO2. The molecule has 1 aliphatic rings. The third-order valence-corrected chi connectivity index (χ3v) is 3.67. The number of amides is 1. The molecule has 1 N–H and O–H groups in total. The Balaban J connectivity index is 1.71. The predicted octanol–water partition coefficient (Wildman–Crippen LogP) is 2.93. The van der Waals surface area contributed by atoms with Crippen LogP contribution in [0, 0.1) is 5.92 Å². The first-order valence-electron chi connectivity index (χ1n) is 7.29. The topological polar surface area (TPSA) is 38.3 Å². The van der Waals surface area contributed by atoms with E-state index < -0.39 is 0 Å². The molecule has 1 aliphatic carbocycles. The van der Waals surface area contributed by atoms with Crippen molar-refractivity contribution in [2.75, 3.05) is 13.2 Å². The summed E-state index contributed by atoms with van der Waals surface area (Å²) in [5.41, 5.74) is 1.23. The lowest BCUT2D eigenvalue weighted by molar-refractivity contribution is -0.124. The molecule has 0 unspecified atom stereocenters. The number of nitrogens with one attached hydrogen (secondary N) is 1. The summed E-state index contributed by atoms with van der Waals surface area (Å²) in [6, 6.07) is 8.09. The van der Waals surface area contributed by atoms with Gasteiger partial charge in [0.1, 0.15) is 5.75 Å². The Labute approximate surface area is 115 Å². The van der Waals surface area contributed by atoms with E-state index in [1.165, 1.54) is 18.4 Å². The number of benzene rings is 1. The molecule has 1 aromatic rings. The number of carbonyl (C=O) groups excluding carboxylic acids is 1. The van der Waals surface area contributed by atoms with Crippen molar-refractivity contribution in [3.05, 3.63) is 29.8 Å². The summed E-state index contributed by atoms with van der Waals surface area (Å²) in [6.07, 6.45) is 5.42. The molecule has 3 heteroatoms. The average molecular weight is 261 g/mol. The Kier molecular flexibility index (Phi) is 5.25. The van der Waals surface area contributed by atoms with Crippen LogP contribution in [0.15, 0.2) is 24.3 Å². The highest BCUT2D eigenvalue weighted by atomic mass is 16.5. The van der Waals surface area contributed by atoms with Crippen LogP contribution >= 0.6 is 0 Å². The number of rotatable bonds is 6. The monoisotopic (exact) mass is 261 g/mol. The third kappa shape index (κ3) is 4.27. The molecule has 1 aromatic carbocycles. The molecule has 0 saturated heterocycles. The van der Waals surface area contributed by atoms with E-state index in [4.69, 9.17) is 4.74 Å². The second-order valence-electron chi connectivity index (χ2n) is 5.10. The summed E-state index contributed by atoms with van der Waals surface area (Å²) in [4.78, 5) is 11.8.